The van der Waals surface area contributed by atoms with Crippen molar-refractivity contribution in [3.8, 4) is 11.8 Å². The molecule has 0 aliphatic rings. The smallest absolute Gasteiger partial charge is 0.319 e. The molecule has 7 nitrogen and oxygen atoms in total. The maximum Gasteiger partial charge on any atom is 0.319 e. The van der Waals surface area contributed by atoms with Crippen LogP contribution in [0, 0.1) is 18.3 Å². The van der Waals surface area contributed by atoms with Gasteiger partial charge in [0, 0.05) is 16.5 Å². The van der Waals surface area contributed by atoms with E-state index in [4.69, 9.17) is 28.5 Å². The van der Waals surface area contributed by atoms with Gasteiger partial charge < -0.3 is 10.6 Å². The molecule has 4 rings (SSSR count). The van der Waals surface area contributed by atoms with Crippen molar-refractivity contribution in [2.75, 3.05) is 5.32 Å². The fourth-order valence-electron chi connectivity index (χ4n) is 3.32. The summed E-state index contributed by atoms with van der Waals surface area (Å²) in [6, 6.07) is 21.6. The molecule has 10 heteroatoms. The Kier molecular flexibility index (Phi) is 7.93. The predicted molar refractivity (Wildman–Crippen MR) is 139 cm³/mol. The summed E-state index contributed by atoms with van der Waals surface area (Å²) in [7, 11) is 0. The van der Waals surface area contributed by atoms with Gasteiger partial charge in [-0.1, -0.05) is 65.3 Å². The minimum absolute atomic E-state index is 0.0878. The molecule has 4 aromatic rings. The standard InChI is InChI=1S/C25H20Cl2N6OS/c1-16-5-2-3-7-18(16)15-35-25-32-31-23(33(25)22-12-19(26)9-10-21(22)27)14-29-24(34)30-20-8-4-6-17(11-20)13-28/h2-12H,14-15H2,1H3,(H2,29,30,34). The van der Waals surface area contributed by atoms with Crippen molar-refractivity contribution >= 4 is 46.7 Å². The monoisotopic (exact) mass is 522 g/mol. The van der Waals surface area contributed by atoms with Gasteiger partial charge in [-0.05, 0) is 54.4 Å². The summed E-state index contributed by atoms with van der Waals surface area (Å²) in [6.45, 7) is 2.15. The first-order valence-electron chi connectivity index (χ1n) is 10.6. The van der Waals surface area contributed by atoms with E-state index in [0.717, 1.165) is 0 Å². The lowest BCUT2D eigenvalue weighted by Crippen LogP contribution is -2.29. The first kappa shape index (κ1) is 24.6. The molecule has 2 amide bonds. The van der Waals surface area contributed by atoms with Gasteiger partial charge in [0.2, 0.25) is 0 Å². The lowest BCUT2D eigenvalue weighted by molar-refractivity contribution is 0.251. The number of aromatic nitrogens is 3. The van der Waals surface area contributed by atoms with Gasteiger partial charge in [-0.2, -0.15) is 5.26 Å². The van der Waals surface area contributed by atoms with Crippen LogP contribution in [0.1, 0.15) is 22.5 Å². The Balaban J connectivity index is 1.56. The predicted octanol–water partition coefficient (Wildman–Crippen LogP) is 6.37. The molecule has 1 heterocycles. The summed E-state index contributed by atoms with van der Waals surface area (Å²) in [5.41, 5.74) is 3.95. The number of nitriles is 1. The summed E-state index contributed by atoms with van der Waals surface area (Å²) in [5.74, 6) is 1.17. The molecule has 35 heavy (non-hydrogen) atoms. The third kappa shape index (κ3) is 6.14. The van der Waals surface area contributed by atoms with Crippen LogP contribution in [0.25, 0.3) is 5.69 Å². The van der Waals surface area contributed by atoms with E-state index in [-0.39, 0.29) is 6.54 Å². The van der Waals surface area contributed by atoms with Crippen molar-refractivity contribution in [3.63, 3.8) is 0 Å². The van der Waals surface area contributed by atoms with Crippen LogP contribution in [-0.4, -0.2) is 20.8 Å². The number of aryl methyl sites for hydroxylation is 1. The lowest BCUT2D eigenvalue weighted by Gasteiger charge is -2.13. The van der Waals surface area contributed by atoms with E-state index in [0.29, 0.717) is 43.7 Å². The Morgan fingerprint density at radius 1 is 1.09 bits per heavy atom. The molecule has 3 aromatic carbocycles. The molecule has 0 aliphatic heterocycles. The molecule has 176 valence electrons. The van der Waals surface area contributed by atoms with E-state index in [1.165, 1.54) is 22.9 Å². The summed E-state index contributed by atoms with van der Waals surface area (Å²) >= 11 is 14.3. The molecule has 0 spiro atoms. The zero-order valence-corrected chi connectivity index (χ0v) is 21.0. The van der Waals surface area contributed by atoms with E-state index in [1.54, 1.807) is 47.0 Å². The fourth-order valence-corrected chi connectivity index (χ4v) is 4.73. The molecule has 0 fully saturated rings. The van der Waals surface area contributed by atoms with Crippen LogP contribution in [0.4, 0.5) is 10.5 Å². The van der Waals surface area contributed by atoms with Gasteiger partial charge in [-0.15, -0.1) is 10.2 Å². The van der Waals surface area contributed by atoms with Gasteiger partial charge in [-0.25, -0.2) is 4.79 Å². The van der Waals surface area contributed by atoms with Gasteiger partial charge in [0.05, 0.1) is 28.9 Å². The average molecular weight is 523 g/mol. The average Bonchev–Trinajstić information content (AvgIpc) is 3.26. The Bertz CT molecular complexity index is 1420. The number of carbonyl (C=O) groups is 1. The summed E-state index contributed by atoms with van der Waals surface area (Å²) < 4.78 is 1.80. The Morgan fingerprint density at radius 3 is 2.71 bits per heavy atom. The number of halogens is 2. The van der Waals surface area contributed by atoms with E-state index in [9.17, 15) is 4.79 Å². The van der Waals surface area contributed by atoms with Crippen LogP contribution in [0.5, 0.6) is 0 Å². The highest BCUT2D eigenvalue weighted by Crippen LogP contribution is 2.31. The molecular weight excluding hydrogens is 503 g/mol. The molecule has 1 aromatic heterocycles. The Hall–Kier alpha value is -3.51. The largest absolute Gasteiger partial charge is 0.331 e. The molecule has 0 saturated heterocycles. The van der Waals surface area contributed by atoms with Crippen molar-refractivity contribution in [3.05, 3.63) is 99.3 Å². The van der Waals surface area contributed by atoms with Gasteiger partial charge in [0.1, 0.15) is 0 Å². The maximum atomic E-state index is 12.5. The Morgan fingerprint density at radius 2 is 1.91 bits per heavy atom. The molecule has 0 radical (unpaired) electrons. The fraction of sp³-hybridized carbons (Fsp3) is 0.120. The minimum Gasteiger partial charge on any atom is -0.331 e. The SMILES string of the molecule is Cc1ccccc1CSc1nnc(CNC(=O)Nc2cccc(C#N)c2)n1-c1cc(Cl)ccc1Cl. The molecular formula is C25H20Cl2N6OS. The highest BCUT2D eigenvalue weighted by atomic mass is 35.5. The summed E-state index contributed by atoms with van der Waals surface area (Å²) in [6.07, 6.45) is 0. The zero-order valence-electron chi connectivity index (χ0n) is 18.6. The Labute approximate surface area is 217 Å². The highest BCUT2D eigenvalue weighted by Gasteiger charge is 2.18. The van der Waals surface area contributed by atoms with E-state index < -0.39 is 6.03 Å². The molecule has 0 unspecified atom stereocenters. The minimum atomic E-state index is -0.444. The summed E-state index contributed by atoms with van der Waals surface area (Å²) in [4.78, 5) is 12.5. The second-order valence-electron chi connectivity index (χ2n) is 7.55. The van der Waals surface area contributed by atoms with Gasteiger partial charge >= 0.3 is 6.03 Å². The topological polar surface area (TPSA) is 95.6 Å². The molecule has 0 atom stereocenters. The van der Waals surface area contributed by atoms with E-state index in [1.807, 2.05) is 18.2 Å². The number of hydrogen-bond donors (Lipinski definition) is 2. The normalized spacial score (nSPS) is 10.6. The second-order valence-corrected chi connectivity index (χ2v) is 9.33. The number of thioether (sulfide) groups is 1. The molecule has 0 saturated carbocycles. The van der Waals surface area contributed by atoms with Crippen LogP contribution in [-0.2, 0) is 12.3 Å². The second kappa shape index (κ2) is 11.3. The van der Waals surface area contributed by atoms with Crippen molar-refractivity contribution < 1.29 is 4.79 Å². The molecule has 2 N–H and O–H groups in total. The van der Waals surface area contributed by atoms with Crippen molar-refractivity contribution in [2.24, 2.45) is 0 Å². The summed E-state index contributed by atoms with van der Waals surface area (Å²) in [5, 5.41) is 24.8. The number of nitrogens with one attached hydrogen (secondary N) is 2. The van der Waals surface area contributed by atoms with Crippen molar-refractivity contribution in [1.82, 2.24) is 20.1 Å². The maximum absolute atomic E-state index is 12.5. The van der Waals surface area contributed by atoms with Gasteiger partial charge in [-0.3, -0.25) is 4.57 Å². The van der Waals surface area contributed by atoms with Crippen LogP contribution < -0.4 is 10.6 Å². The number of nitrogens with zero attached hydrogens (tertiary/aromatic N) is 4. The van der Waals surface area contributed by atoms with Crippen LogP contribution in [0.3, 0.4) is 0 Å². The number of anilines is 1. The first-order valence-corrected chi connectivity index (χ1v) is 12.3. The van der Waals surface area contributed by atoms with Crippen LogP contribution in [0.2, 0.25) is 10.0 Å². The zero-order chi connectivity index (χ0) is 24.8. The van der Waals surface area contributed by atoms with Crippen LogP contribution in [0.15, 0.2) is 71.9 Å². The number of carbonyl (C=O) groups excluding carboxylic acids is 1. The van der Waals surface area contributed by atoms with E-state index in [2.05, 4.69) is 39.9 Å². The number of rotatable bonds is 7. The quantitative estimate of drug-likeness (QED) is 0.275. The number of benzene rings is 3. The highest BCUT2D eigenvalue weighted by molar-refractivity contribution is 7.98. The lowest BCUT2D eigenvalue weighted by atomic mass is 10.1. The van der Waals surface area contributed by atoms with E-state index >= 15 is 0 Å². The third-order valence-corrected chi connectivity index (χ3v) is 6.66. The van der Waals surface area contributed by atoms with Crippen molar-refractivity contribution in [1.29, 1.82) is 5.26 Å². The van der Waals surface area contributed by atoms with Crippen molar-refractivity contribution in [2.45, 2.75) is 24.4 Å². The van der Waals surface area contributed by atoms with Crippen LogP contribution >= 0.6 is 35.0 Å². The molecule has 0 aliphatic carbocycles. The number of urea groups is 1. The number of amides is 2. The van der Waals surface area contributed by atoms with Gasteiger partial charge in [0.25, 0.3) is 0 Å². The molecule has 0 bridgehead atoms. The number of hydrogen-bond acceptors (Lipinski definition) is 5. The third-order valence-electron chi connectivity index (χ3n) is 5.12. The van der Waals surface area contributed by atoms with Gasteiger partial charge in [0.15, 0.2) is 11.0 Å². The first-order chi connectivity index (χ1) is 16.9.